The van der Waals surface area contributed by atoms with Gasteiger partial charge < -0.3 is 4.90 Å². The van der Waals surface area contributed by atoms with Crippen LogP contribution in [0.3, 0.4) is 0 Å². The van der Waals surface area contributed by atoms with Crippen molar-refractivity contribution in [2.75, 3.05) is 20.1 Å². The van der Waals surface area contributed by atoms with E-state index in [-0.39, 0.29) is 17.3 Å². The van der Waals surface area contributed by atoms with E-state index in [9.17, 15) is 18.0 Å². The van der Waals surface area contributed by atoms with Gasteiger partial charge in [-0.15, -0.1) is 0 Å². The fourth-order valence-corrected chi connectivity index (χ4v) is 4.46. The first-order valence-electron chi connectivity index (χ1n) is 10.7. The van der Waals surface area contributed by atoms with Gasteiger partial charge in [0.1, 0.15) is 5.82 Å². The number of aryl methyl sites for hydroxylation is 1. The summed E-state index contributed by atoms with van der Waals surface area (Å²) < 4.78 is 43.8. The predicted octanol–water partition coefficient (Wildman–Crippen LogP) is 4.91. The highest BCUT2D eigenvalue weighted by molar-refractivity contribution is 5.95. The number of para-hydroxylation sites is 2. The number of carbonyl (C=O) groups is 1. The zero-order valence-electron chi connectivity index (χ0n) is 18.6. The zero-order valence-corrected chi connectivity index (χ0v) is 18.6. The first-order chi connectivity index (χ1) is 15.1. The van der Waals surface area contributed by atoms with Crippen LogP contribution in [0.15, 0.2) is 42.5 Å². The lowest BCUT2D eigenvalue weighted by Crippen LogP contribution is -2.40. The Morgan fingerprint density at radius 2 is 1.91 bits per heavy atom. The van der Waals surface area contributed by atoms with Gasteiger partial charge in [0.2, 0.25) is 0 Å². The van der Waals surface area contributed by atoms with Gasteiger partial charge in [-0.25, -0.2) is 4.98 Å². The summed E-state index contributed by atoms with van der Waals surface area (Å²) in [4.78, 5) is 21.3. The summed E-state index contributed by atoms with van der Waals surface area (Å²) in [7, 11) is 1.67. The van der Waals surface area contributed by atoms with Gasteiger partial charge in [-0.05, 0) is 57.5 Å². The van der Waals surface area contributed by atoms with Crippen molar-refractivity contribution in [1.82, 2.24) is 19.4 Å². The molecule has 1 unspecified atom stereocenters. The molecule has 1 aliphatic rings. The number of alkyl halides is 3. The monoisotopic (exact) mass is 444 g/mol. The van der Waals surface area contributed by atoms with Gasteiger partial charge in [0.15, 0.2) is 0 Å². The predicted molar refractivity (Wildman–Crippen MR) is 118 cm³/mol. The number of benzene rings is 2. The second kappa shape index (κ2) is 8.24. The molecule has 1 atom stereocenters. The molecule has 1 saturated heterocycles. The summed E-state index contributed by atoms with van der Waals surface area (Å²) in [6.45, 7) is 7.47. The van der Waals surface area contributed by atoms with Gasteiger partial charge in [0, 0.05) is 37.8 Å². The van der Waals surface area contributed by atoms with Crippen LogP contribution in [0.25, 0.3) is 16.7 Å². The summed E-state index contributed by atoms with van der Waals surface area (Å²) in [5.74, 6) is 0.0532. The van der Waals surface area contributed by atoms with Crippen molar-refractivity contribution in [2.45, 2.75) is 45.5 Å². The molecule has 2 aromatic carbocycles. The van der Waals surface area contributed by atoms with Crippen molar-refractivity contribution in [3.8, 4) is 5.69 Å². The maximum atomic E-state index is 14.1. The molecule has 0 saturated carbocycles. The summed E-state index contributed by atoms with van der Waals surface area (Å²) in [5.41, 5.74) is 0.363. The zero-order chi connectivity index (χ0) is 23.2. The van der Waals surface area contributed by atoms with Gasteiger partial charge in [-0.3, -0.25) is 14.3 Å². The van der Waals surface area contributed by atoms with Crippen molar-refractivity contribution in [2.24, 2.45) is 0 Å². The van der Waals surface area contributed by atoms with E-state index in [1.807, 2.05) is 0 Å². The first-order valence-corrected chi connectivity index (χ1v) is 10.7. The third-order valence-corrected chi connectivity index (χ3v) is 6.31. The number of hydrogen-bond acceptors (Lipinski definition) is 3. The normalized spacial score (nSPS) is 17.4. The summed E-state index contributed by atoms with van der Waals surface area (Å²) in [6, 6.07) is 11.2. The standard InChI is InChI=1S/C24H27F3N4O/c1-15(2)30-12-11-18(14-30)29(4)23(32)17-9-10-21(19(13-17)24(25,26)27)31-16(3)28-20-7-5-6-8-22(20)31/h5-10,13,15,18H,11-12,14H2,1-4H3. The Morgan fingerprint density at radius 1 is 1.19 bits per heavy atom. The lowest BCUT2D eigenvalue weighted by molar-refractivity contribution is -0.137. The molecular weight excluding hydrogens is 417 g/mol. The highest BCUT2D eigenvalue weighted by atomic mass is 19.4. The average molecular weight is 445 g/mol. The first kappa shape index (κ1) is 22.3. The van der Waals surface area contributed by atoms with Crippen molar-refractivity contribution >= 4 is 16.9 Å². The van der Waals surface area contributed by atoms with E-state index in [4.69, 9.17) is 0 Å². The number of amides is 1. The molecule has 0 aliphatic carbocycles. The minimum atomic E-state index is -4.62. The van der Waals surface area contributed by atoms with Crippen LogP contribution in [0.2, 0.25) is 0 Å². The maximum absolute atomic E-state index is 14.1. The molecule has 1 aliphatic heterocycles. The molecule has 1 aromatic heterocycles. The molecule has 0 bridgehead atoms. The number of carbonyl (C=O) groups excluding carboxylic acids is 1. The maximum Gasteiger partial charge on any atom is 0.418 e. The number of likely N-dealkylation sites (tertiary alicyclic amines) is 1. The van der Waals surface area contributed by atoms with Crippen LogP contribution in [0.1, 0.15) is 42.0 Å². The van der Waals surface area contributed by atoms with Gasteiger partial charge in [-0.2, -0.15) is 13.2 Å². The van der Waals surface area contributed by atoms with E-state index in [0.29, 0.717) is 22.9 Å². The largest absolute Gasteiger partial charge is 0.418 e. The number of hydrogen-bond donors (Lipinski definition) is 0. The number of aromatic nitrogens is 2. The van der Waals surface area contributed by atoms with E-state index in [0.717, 1.165) is 25.6 Å². The number of likely N-dealkylation sites (N-methyl/N-ethyl adjacent to an activating group) is 1. The van der Waals surface area contributed by atoms with Crippen molar-refractivity contribution < 1.29 is 18.0 Å². The molecule has 0 N–H and O–H groups in total. The van der Waals surface area contributed by atoms with Crippen LogP contribution in [0.5, 0.6) is 0 Å². The van der Waals surface area contributed by atoms with Crippen LogP contribution in [-0.2, 0) is 6.18 Å². The molecule has 32 heavy (non-hydrogen) atoms. The molecule has 5 nitrogen and oxygen atoms in total. The number of imidazole rings is 1. The van der Waals surface area contributed by atoms with Gasteiger partial charge >= 0.3 is 6.18 Å². The Kier molecular flexibility index (Phi) is 5.75. The summed E-state index contributed by atoms with van der Waals surface area (Å²) in [5, 5.41) is 0. The van der Waals surface area contributed by atoms with Crippen molar-refractivity contribution in [3.63, 3.8) is 0 Å². The molecule has 4 rings (SSSR count). The lowest BCUT2D eigenvalue weighted by atomic mass is 10.1. The Bertz CT molecular complexity index is 1150. The average Bonchev–Trinajstić information content (AvgIpc) is 3.36. The molecule has 2 heterocycles. The SMILES string of the molecule is Cc1nc2ccccc2n1-c1ccc(C(=O)N(C)C2CCN(C(C)C)C2)cc1C(F)(F)F. The fraction of sp³-hybridized carbons (Fsp3) is 0.417. The molecule has 3 aromatic rings. The lowest BCUT2D eigenvalue weighted by Gasteiger charge is -2.27. The Hall–Kier alpha value is -2.87. The third-order valence-electron chi connectivity index (χ3n) is 6.31. The molecule has 0 radical (unpaired) electrons. The van der Waals surface area contributed by atoms with Crippen molar-refractivity contribution in [3.05, 3.63) is 59.4 Å². The van der Waals surface area contributed by atoms with Crippen LogP contribution in [0.4, 0.5) is 13.2 Å². The molecular formula is C24H27F3N4O. The molecule has 0 spiro atoms. The van der Waals surface area contributed by atoms with E-state index < -0.39 is 17.6 Å². The quantitative estimate of drug-likeness (QED) is 0.574. The highest BCUT2D eigenvalue weighted by Crippen LogP contribution is 2.36. The molecule has 8 heteroatoms. The van der Waals surface area contributed by atoms with Crippen molar-refractivity contribution in [1.29, 1.82) is 0 Å². The second-order valence-electron chi connectivity index (χ2n) is 8.66. The minimum Gasteiger partial charge on any atom is -0.337 e. The molecule has 170 valence electrons. The smallest absolute Gasteiger partial charge is 0.337 e. The molecule has 1 amide bonds. The third kappa shape index (κ3) is 3.99. The van der Waals surface area contributed by atoms with E-state index in [1.165, 1.54) is 16.7 Å². The Morgan fingerprint density at radius 3 is 2.56 bits per heavy atom. The Balaban J connectivity index is 1.72. The highest BCUT2D eigenvalue weighted by Gasteiger charge is 2.36. The van der Waals surface area contributed by atoms with Crippen LogP contribution >= 0.6 is 0 Å². The summed E-state index contributed by atoms with van der Waals surface area (Å²) >= 11 is 0. The van der Waals surface area contributed by atoms with Gasteiger partial charge in [0.25, 0.3) is 5.91 Å². The number of nitrogens with zero attached hydrogens (tertiary/aromatic N) is 4. The number of fused-ring (bicyclic) bond motifs is 1. The second-order valence-corrected chi connectivity index (χ2v) is 8.66. The molecule has 1 fully saturated rings. The fourth-order valence-electron chi connectivity index (χ4n) is 4.46. The summed E-state index contributed by atoms with van der Waals surface area (Å²) in [6.07, 6.45) is -3.81. The van der Waals surface area contributed by atoms with Crippen LogP contribution < -0.4 is 0 Å². The van der Waals surface area contributed by atoms with Crippen LogP contribution in [-0.4, -0.2) is 57.5 Å². The van der Waals surface area contributed by atoms with Crippen LogP contribution in [0, 0.1) is 6.92 Å². The van der Waals surface area contributed by atoms with E-state index in [2.05, 4.69) is 23.7 Å². The topological polar surface area (TPSA) is 41.4 Å². The van der Waals surface area contributed by atoms with Gasteiger partial charge in [-0.1, -0.05) is 12.1 Å². The van der Waals surface area contributed by atoms with Gasteiger partial charge in [0.05, 0.1) is 22.3 Å². The Labute approximate surface area is 185 Å². The van der Waals surface area contributed by atoms with E-state index in [1.54, 1.807) is 43.1 Å². The number of halogens is 3. The minimum absolute atomic E-state index is 0.0150. The number of rotatable bonds is 4. The van der Waals surface area contributed by atoms with E-state index >= 15 is 0 Å².